The Balaban J connectivity index is 1.60. The molecular weight excluding hydrogens is 348 g/mol. The molecule has 0 bridgehead atoms. The van der Waals surface area contributed by atoms with E-state index in [0.29, 0.717) is 16.8 Å². The minimum atomic E-state index is -1.27. The van der Waals surface area contributed by atoms with Crippen molar-refractivity contribution in [3.8, 4) is 0 Å². The molecule has 8 heteroatoms. The molecule has 1 aromatic heterocycles. The maximum Gasteiger partial charge on any atom is 0.494 e. The second-order valence-corrected chi connectivity index (χ2v) is 6.45. The van der Waals surface area contributed by atoms with Crippen molar-refractivity contribution in [1.82, 2.24) is 4.98 Å². The smallest absolute Gasteiger partial charge is 0.423 e. The first-order valence-corrected chi connectivity index (χ1v) is 8.53. The van der Waals surface area contributed by atoms with Crippen LogP contribution in [0.5, 0.6) is 0 Å². The Kier molecular flexibility index (Phi) is 4.61. The number of nitrogens with zero attached hydrogens (tertiary/aromatic N) is 1. The van der Waals surface area contributed by atoms with Crippen LogP contribution in [0, 0.1) is 5.82 Å². The van der Waals surface area contributed by atoms with E-state index in [1.54, 1.807) is 24.5 Å². The van der Waals surface area contributed by atoms with Gasteiger partial charge in [0.2, 0.25) is 5.91 Å². The number of benzene rings is 2. The summed E-state index contributed by atoms with van der Waals surface area (Å²) in [5, 5.41) is 14.4. The summed E-state index contributed by atoms with van der Waals surface area (Å²) >= 11 is 0. The summed E-state index contributed by atoms with van der Waals surface area (Å²) in [5.41, 5.74) is 7.53. The van der Waals surface area contributed by atoms with E-state index < -0.39 is 18.9 Å². The van der Waals surface area contributed by atoms with E-state index in [-0.39, 0.29) is 24.5 Å². The summed E-state index contributed by atoms with van der Waals surface area (Å²) < 4.78 is 19.4. The van der Waals surface area contributed by atoms with Crippen molar-refractivity contribution in [2.45, 2.75) is 12.5 Å². The fourth-order valence-electron chi connectivity index (χ4n) is 3.33. The second-order valence-electron chi connectivity index (χ2n) is 6.45. The number of pyridine rings is 1. The first kappa shape index (κ1) is 17.6. The van der Waals surface area contributed by atoms with Gasteiger partial charge in [-0.2, -0.15) is 0 Å². The number of nitrogens with one attached hydrogen (secondary N) is 1. The number of amides is 1. The lowest BCUT2D eigenvalue weighted by atomic mass is 9.77. The van der Waals surface area contributed by atoms with Gasteiger partial charge in [-0.15, -0.1) is 0 Å². The topological polar surface area (TPSA) is 97.5 Å². The summed E-state index contributed by atoms with van der Waals surface area (Å²) in [5.74, 6) is -1.66. The molecule has 0 saturated carbocycles. The molecule has 0 spiro atoms. The zero-order chi connectivity index (χ0) is 19.0. The maximum atomic E-state index is 14.3. The van der Waals surface area contributed by atoms with E-state index in [9.17, 15) is 14.2 Å². The van der Waals surface area contributed by atoms with Crippen LogP contribution in [0.15, 0.2) is 48.8 Å². The predicted octanol–water partition coefficient (Wildman–Crippen LogP) is 1.27. The molecule has 0 saturated heterocycles. The standard InChI is InChI=1S/C19H17BFN3O3/c21-17-7-13(5-14-10-27-20(26)18(14)17)16(8-22)19(25)24-15-2-1-12-9-23-4-3-11(12)6-15/h1-7,9,16,26H,8,10,22H2,(H,24,25). The quantitative estimate of drug-likeness (QED) is 0.605. The lowest BCUT2D eigenvalue weighted by molar-refractivity contribution is -0.117. The van der Waals surface area contributed by atoms with Crippen LogP contribution in [-0.4, -0.2) is 29.6 Å². The van der Waals surface area contributed by atoms with Crippen molar-refractivity contribution >= 4 is 34.9 Å². The van der Waals surface area contributed by atoms with Crippen molar-refractivity contribution in [3.63, 3.8) is 0 Å². The molecule has 0 aliphatic carbocycles. The van der Waals surface area contributed by atoms with Crippen molar-refractivity contribution in [2.75, 3.05) is 11.9 Å². The molecule has 27 heavy (non-hydrogen) atoms. The lowest BCUT2D eigenvalue weighted by Crippen LogP contribution is -2.32. The van der Waals surface area contributed by atoms with Crippen LogP contribution in [-0.2, 0) is 16.1 Å². The van der Waals surface area contributed by atoms with E-state index in [0.717, 1.165) is 10.8 Å². The van der Waals surface area contributed by atoms with Crippen LogP contribution in [0.4, 0.5) is 10.1 Å². The SMILES string of the molecule is NCC(C(=O)Nc1ccc2cnccc2c1)c1cc(F)c2c(c1)COB2O. The third kappa shape index (κ3) is 3.30. The highest BCUT2D eigenvalue weighted by Crippen LogP contribution is 2.24. The summed E-state index contributed by atoms with van der Waals surface area (Å²) in [6.45, 7) is 0.115. The molecule has 1 amide bonds. The van der Waals surface area contributed by atoms with Gasteiger partial charge in [0, 0.05) is 35.5 Å². The molecule has 1 atom stereocenters. The van der Waals surface area contributed by atoms with Crippen LogP contribution in [0.3, 0.4) is 0 Å². The molecule has 4 rings (SSSR count). The highest BCUT2D eigenvalue weighted by atomic mass is 19.1. The van der Waals surface area contributed by atoms with Crippen LogP contribution < -0.4 is 16.5 Å². The Bertz CT molecular complexity index is 1030. The summed E-state index contributed by atoms with van der Waals surface area (Å²) in [7, 11) is -1.27. The van der Waals surface area contributed by atoms with Crippen molar-refractivity contribution in [3.05, 3.63) is 65.7 Å². The number of anilines is 1. The third-order valence-electron chi connectivity index (χ3n) is 4.74. The van der Waals surface area contributed by atoms with Crippen LogP contribution in [0.25, 0.3) is 10.8 Å². The summed E-state index contributed by atoms with van der Waals surface area (Å²) in [6.07, 6.45) is 3.42. The number of fused-ring (bicyclic) bond motifs is 2. The van der Waals surface area contributed by atoms with Gasteiger partial charge in [-0.25, -0.2) is 4.39 Å². The number of rotatable bonds is 4. The summed E-state index contributed by atoms with van der Waals surface area (Å²) in [4.78, 5) is 16.8. The summed E-state index contributed by atoms with van der Waals surface area (Å²) in [6, 6.07) is 10.2. The van der Waals surface area contributed by atoms with Gasteiger partial charge in [0.25, 0.3) is 0 Å². The Labute approximate surface area is 155 Å². The van der Waals surface area contributed by atoms with E-state index in [1.807, 2.05) is 18.2 Å². The van der Waals surface area contributed by atoms with Crippen LogP contribution >= 0.6 is 0 Å². The molecule has 3 aromatic rings. The average Bonchev–Trinajstić information content (AvgIpc) is 3.03. The molecule has 2 heterocycles. The highest BCUT2D eigenvalue weighted by Gasteiger charge is 2.32. The number of carbonyl (C=O) groups excluding carboxylic acids is 1. The number of aromatic nitrogens is 1. The Morgan fingerprint density at radius 3 is 3.00 bits per heavy atom. The lowest BCUT2D eigenvalue weighted by Gasteiger charge is -2.17. The van der Waals surface area contributed by atoms with E-state index in [1.165, 1.54) is 6.07 Å². The van der Waals surface area contributed by atoms with E-state index in [2.05, 4.69) is 10.3 Å². The van der Waals surface area contributed by atoms with Crippen LogP contribution in [0.1, 0.15) is 17.0 Å². The Morgan fingerprint density at radius 1 is 1.33 bits per heavy atom. The monoisotopic (exact) mass is 365 g/mol. The molecule has 136 valence electrons. The molecule has 6 nitrogen and oxygen atoms in total. The third-order valence-corrected chi connectivity index (χ3v) is 4.74. The molecule has 1 aliphatic heterocycles. The molecule has 0 fully saturated rings. The van der Waals surface area contributed by atoms with E-state index >= 15 is 0 Å². The zero-order valence-corrected chi connectivity index (χ0v) is 14.4. The van der Waals surface area contributed by atoms with Gasteiger partial charge in [-0.05, 0) is 40.8 Å². The molecular formula is C19H17BFN3O3. The minimum absolute atomic E-state index is 0.0188. The van der Waals surface area contributed by atoms with Gasteiger partial charge in [-0.1, -0.05) is 12.1 Å². The number of hydrogen-bond acceptors (Lipinski definition) is 5. The second kappa shape index (κ2) is 7.07. The number of halogens is 1. The van der Waals surface area contributed by atoms with E-state index in [4.69, 9.17) is 10.4 Å². The first-order valence-electron chi connectivity index (χ1n) is 8.53. The number of hydrogen-bond donors (Lipinski definition) is 3. The van der Waals surface area contributed by atoms with Gasteiger partial charge in [-0.3, -0.25) is 9.78 Å². The highest BCUT2D eigenvalue weighted by molar-refractivity contribution is 6.61. The van der Waals surface area contributed by atoms with Crippen molar-refractivity contribution < 1.29 is 18.9 Å². The van der Waals surface area contributed by atoms with Gasteiger partial charge >= 0.3 is 7.12 Å². The Morgan fingerprint density at radius 2 is 2.19 bits per heavy atom. The normalized spacial score (nSPS) is 14.3. The fraction of sp³-hybridized carbons (Fsp3) is 0.158. The minimum Gasteiger partial charge on any atom is -0.423 e. The molecule has 1 aliphatic rings. The largest absolute Gasteiger partial charge is 0.494 e. The average molecular weight is 365 g/mol. The van der Waals surface area contributed by atoms with Gasteiger partial charge < -0.3 is 20.7 Å². The van der Waals surface area contributed by atoms with Crippen molar-refractivity contribution in [1.29, 1.82) is 0 Å². The molecule has 2 aromatic carbocycles. The molecule has 0 radical (unpaired) electrons. The van der Waals surface area contributed by atoms with Gasteiger partial charge in [0.15, 0.2) is 0 Å². The zero-order valence-electron chi connectivity index (χ0n) is 14.4. The fourth-order valence-corrected chi connectivity index (χ4v) is 3.33. The van der Waals surface area contributed by atoms with Gasteiger partial charge in [0.1, 0.15) is 5.82 Å². The van der Waals surface area contributed by atoms with Crippen molar-refractivity contribution in [2.24, 2.45) is 5.73 Å². The molecule has 1 unspecified atom stereocenters. The number of carbonyl (C=O) groups is 1. The first-order chi connectivity index (χ1) is 13.1. The predicted molar refractivity (Wildman–Crippen MR) is 101 cm³/mol. The van der Waals surface area contributed by atoms with Gasteiger partial charge in [0.05, 0.1) is 12.5 Å². The van der Waals surface area contributed by atoms with Crippen LogP contribution in [0.2, 0.25) is 0 Å². The Hall–Kier alpha value is -2.81. The number of nitrogens with two attached hydrogens (primary N) is 1. The molecule has 4 N–H and O–H groups in total. The maximum absolute atomic E-state index is 14.3.